The molecule has 1 heterocycles. The summed E-state index contributed by atoms with van der Waals surface area (Å²) in [4.78, 5) is 19.9. The zero-order chi connectivity index (χ0) is 17.5. The molecule has 1 amide bonds. The first-order chi connectivity index (χ1) is 12.3. The molecule has 25 heavy (non-hydrogen) atoms. The minimum absolute atomic E-state index is 0.0907. The predicted molar refractivity (Wildman–Crippen MR) is 104 cm³/mol. The Kier molecular flexibility index (Phi) is 5.83. The van der Waals surface area contributed by atoms with Crippen LogP contribution in [0.15, 0.2) is 48.5 Å². The van der Waals surface area contributed by atoms with Gasteiger partial charge in [-0.2, -0.15) is 0 Å². The second kappa shape index (κ2) is 8.47. The molecule has 4 nitrogen and oxygen atoms in total. The Bertz CT molecular complexity index is 788. The maximum atomic E-state index is 12.0. The third-order valence-electron chi connectivity index (χ3n) is 4.34. The summed E-state index contributed by atoms with van der Waals surface area (Å²) in [7, 11) is 0. The van der Waals surface area contributed by atoms with Crippen LogP contribution in [0.4, 0.5) is 5.69 Å². The fourth-order valence-electron chi connectivity index (χ4n) is 2.91. The number of benzene rings is 2. The Hall–Kier alpha value is -2.62. The van der Waals surface area contributed by atoms with Gasteiger partial charge in [0.25, 0.3) is 0 Å². The van der Waals surface area contributed by atoms with Crippen molar-refractivity contribution in [2.75, 3.05) is 5.32 Å². The molecule has 0 saturated heterocycles. The van der Waals surface area contributed by atoms with Crippen molar-refractivity contribution >= 4 is 22.6 Å². The van der Waals surface area contributed by atoms with Crippen LogP contribution in [0.1, 0.15) is 45.4 Å². The number of imidazole rings is 1. The second-order valence-electron chi connectivity index (χ2n) is 6.39. The lowest BCUT2D eigenvalue weighted by molar-refractivity contribution is -0.116. The summed E-state index contributed by atoms with van der Waals surface area (Å²) < 4.78 is 0. The summed E-state index contributed by atoms with van der Waals surface area (Å²) in [5.41, 5.74) is 3.82. The average molecular weight is 335 g/mol. The fourth-order valence-corrected chi connectivity index (χ4v) is 2.91. The van der Waals surface area contributed by atoms with Gasteiger partial charge in [0.05, 0.1) is 11.0 Å². The Labute approximate surface area is 148 Å². The summed E-state index contributed by atoms with van der Waals surface area (Å²) in [5, 5.41) is 2.97. The lowest BCUT2D eigenvalue weighted by atomic mass is 10.1. The van der Waals surface area contributed by atoms with Crippen molar-refractivity contribution in [3.63, 3.8) is 0 Å². The number of amides is 1. The molecule has 0 aliphatic heterocycles. The lowest BCUT2D eigenvalue weighted by Crippen LogP contribution is -2.10. The standard InChI is InChI=1S/C21H25N3O/c1-2-3-4-5-6-11-20(25)22-17-14-12-16(13-15-17)21-23-18-9-7-8-10-19(18)24-21/h7-10,12-15H,2-6,11H2,1H3,(H,22,25)(H,23,24). The van der Waals surface area contributed by atoms with Crippen molar-refractivity contribution in [2.45, 2.75) is 45.4 Å². The highest BCUT2D eigenvalue weighted by atomic mass is 16.1. The van der Waals surface area contributed by atoms with Crippen LogP contribution in [0.5, 0.6) is 0 Å². The molecule has 4 heteroatoms. The molecule has 0 unspecified atom stereocenters. The number of rotatable bonds is 8. The summed E-state index contributed by atoms with van der Waals surface area (Å²) in [5.74, 6) is 0.933. The van der Waals surface area contributed by atoms with Crippen LogP contribution in [0.3, 0.4) is 0 Å². The average Bonchev–Trinajstić information content (AvgIpc) is 3.06. The van der Waals surface area contributed by atoms with Crippen LogP contribution < -0.4 is 5.32 Å². The number of fused-ring (bicyclic) bond motifs is 1. The van der Waals surface area contributed by atoms with E-state index >= 15 is 0 Å². The first kappa shape index (κ1) is 17.2. The van der Waals surface area contributed by atoms with E-state index in [9.17, 15) is 4.79 Å². The van der Waals surface area contributed by atoms with Crippen molar-refractivity contribution in [2.24, 2.45) is 0 Å². The molecule has 0 spiro atoms. The number of aromatic amines is 1. The van der Waals surface area contributed by atoms with Gasteiger partial charge >= 0.3 is 0 Å². The number of anilines is 1. The SMILES string of the molecule is CCCCCCCC(=O)Nc1ccc(-c2nc3ccccc3[nH]2)cc1. The number of carbonyl (C=O) groups excluding carboxylic acids is 1. The Morgan fingerprint density at radius 3 is 2.52 bits per heavy atom. The Morgan fingerprint density at radius 1 is 1.00 bits per heavy atom. The highest BCUT2D eigenvalue weighted by Crippen LogP contribution is 2.22. The van der Waals surface area contributed by atoms with Crippen molar-refractivity contribution in [3.05, 3.63) is 48.5 Å². The van der Waals surface area contributed by atoms with Gasteiger partial charge < -0.3 is 10.3 Å². The molecule has 0 fully saturated rings. The largest absolute Gasteiger partial charge is 0.338 e. The predicted octanol–water partition coefficient (Wildman–Crippen LogP) is 5.53. The van der Waals surface area contributed by atoms with E-state index in [1.54, 1.807) is 0 Å². The summed E-state index contributed by atoms with van der Waals surface area (Å²) in [6, 6.07) is 15.8. The van der Waals surface area contributed by atoms with Crippen molar-refractivity contribution < 1.29 is 4.79 Å². The fraction of sp³-hybridized carbons (Fsp3) is 0.333. The molecule has 0 aliphatic carbocycles. The normalized spacial score (nSPS) is 10.9. The lowest BCUT2D eigenvalue weighted by Gasteiger charge is -2.06. The highest BCUT2D eigenvalue weighted by Gasteiger charge is 2.06. The van der Waals surface area contributed by atoms with E-state index in [1.807, 2.05) is 48.5 Å². The van der Waals surface area contributed by atoms with Gasteiger partial charge in [0.15, 0.2) is 0 Å². The number of aromatic nitrogens is 2. The van der Waals surface area contributed by atoms with E-state index in [4.69, 9.17) is 0 Å². The van der Waals surface area contributed by atoms with Crippen molar-refractivity contribution in [1.82, 2.24) is 9.97 Å². The van der Waals surface area contributed by atoms with E-state index in [0.717, 1.165) is 41.0 Å². The minimum Gasteiger partial charge on any atom is -0.338 e. The summed E-state index contributed by atoms with van der Waals surface area (Å²) in [6.07, 6.45) is 6.38. The monoisotopic (exact) mass is 335 g/mol. The number of hydrogen-bond donors (Lipinski definition) is 2. The van der Waals surface area contributed by atoms with Gasteiger partial charge in [0.1, 0.15) is 5.82 Å². The van der Waals surface area contributed by atoms with E-state index in [1.165, 1.54) is 19.3 Å². The Balaban J connectivity index is 1.56. The number of nitrogens with zero attached hydrogens (tertiary/aromatic N) is 1. The first-order valence-electron chi connectivity index (χ1n) is 9.11. The third kappa shape index (κ3) is 4.69. The van der Waals surface area contributed by atoms with Crippen LogP contribution in [-0.2, 0) is 4.79 Å². The topological polar surface area (TPSA) is 57.8 Å². The summed E-state index contributed by atoms with van der Waals surface area (Å²) >= 11 is 0. The maximum Gasteiger partial charge on any atom is 0.224 e. The van der Waals surface area contributed by atoms with Crippen LogP contribution in [0.25, 0.3) is 22.4 Å². The molecule has 3 rings (SSSR count). The quantitative estimate of drug-likeness (QED) is 0.532. The molecule has 3 aromatic rings. The highest BCUT2D eigenvalue weighted by molar-refractivity contribution is 5.91. The van der Waals surface area contributed by atoms with Gasteiger partial charge in [0.2, 0.25) is 5.91 Å². The van der Waals surface area contributed by atoms with Crippen molar-refractivity contribution in [1.29, 1.82) is 0 Å². The van der Waals surface area contributed by atoms with E-state index < -0.39 is 0 Å². The van der Waals surface area contributed by atoms with Gasteiger partial charge in [-0.15, -0.1) is 0 Å². The van der Waals surface area contributed by atoms with Gasteiger partial charge in [-0.25, -0.2) is 4.98 Å². The van der Waals surface area contributed by atoms with E-state index in [0.29, 0.717) is 6.42 Å². The van der Waals surface area contributed by atoms with Crippen LogP contribution >= 0.6 is 0 Å². The molecule has 2 N–H and O–H groups in total. The number of nitrogens with one attached hydrogen (secondary N) is 2. The number of H-pyrrole nitrogens is 1. The second-order valence-corrected chi connectivity index (χ2v) is 6.39. The Morgan fingerprint density at radius 2 is 1.76 bits per heavy atom. The van der Waals surface area contributed by atoms with Crippen LogP contribution in [-0.4, -0.2) is 15.9 Å². The molecular weight excluding hydrogens is 310 g/mol. The number of unbranched alkanes of at least 4 members (excludes halogenated alkanes) is 4. The number of para-hydroxylation sites is 2. The third-order valence-corrected chi connectivity index (χ3v) is 4.34. The molecule has 2 aromatic carbocycles. The van der Waals surface area contributed by atoms with Gasteiger partial charge in [-0.05, 0) is 42.8 Å². The zero-order valence-corrected chi connectivity index (χ0v) is 14.7. The molecule has 0 aliphatic rings. The number of carbonyl (C=O) groups is 1. The molecule has 130 valence electrons. The molecule has 0 bridgehead atoms. The molecular formula is C21H25N3O. The van der Waals surface area contributed by atoms with Crippen LogP contribution in [0, 0.1) is 0 Å². The van der Waals surface area contributed by atoms with Gasteiger partial charge in [-0.3, -0.25) is 4.79 Å². The van der Waals surface area contributed by atoms with Crippen LogP contribution in [0.2, 0.25) is 0 Å². The van der Waals surface area contributed by atoms with E-state index in [-0.39, 0.29) is 5.91 Å². The van der Waals surface area contributed by atoms with Crippen molar-refractivity contribution in [3.8, 4) is 11.4 Å². The minimum atomic E-state index is 0.0907. The number of hydrogen-bond acceptors (Lipinski definition) is 2. The van der Waals surface area contributed by atoms with Gasteiger partial charge in [-0.1, -0.05) is 44.7 Å². The molecule has 1 aromatic heterocycles. The van der Waals surface area contributed by atoms with E-state index in [2.05, 4.69) is 22.2 Å². The molecule has 0 atom stereocenters. The molecule has 0 radical (unpaired) electrons. The van der Waals surface area contributed by atoms with Gasteiger partial charge in [0, 0.05) is 17.7 Å². The first-order valence-corrected chi connectivity index (χ1v) is 9.11. The zero-order valence-electron chi connectivity index (χ0n) is 14.7. The smallest absolute Gasteiger partial charge is 0.224 e. The maximum absolute atomic E-state index is 12.0. The summed E-state index contributed by atoms with van der Waals surface area (Å²) in [6.45, 7) is 2.20. The molecule has 0 saturated carbocycles.